The summed E-state index contributed by atoms with van der Waals surface area (Å²) in [5, 5.41) is 0. The van der Waals surface area contributed by atoms with Crippen molar-refractivity contribution in [3.63, 3.8) is 0 Å². The predicted octanol–water partition coefficient (Wildman–Crippen LogP) is 0.770. The van der Waals surface area contributed by atoms with Crippen molar-refractivity contribution in [2.75, 3.05) is 0 Å². The molecule has 1 aliphatic heterocycles. The Hall–Kier alpha value is 0.574. The second-order valence-corrected chi connectivity index (χ2v) is 2.12. The van der Waals surface area contributed by atoms with Crippen LogP contribution in [0.5, 0.6) is 0 Å². The summed E-state index contributed by atoms with van der Waals surface area (Å²) in [6, 6.07) is 0. The maximum Gasteiger partial charge on any atom is 0.276 e. The number of carbonyl (C=O) groups is 1. The van der Waals surface area contributed by atoms with E-state index in [9.17, 15) is 4.79 Å². The second-order valence-electron chi connectivity index (χ2n) is 2.12. The van der Waals surface area contributed by atoms with Gasteiger partial charge in [0.25, 0.3) is 5.97 Å². The predicted molar refractivity (Wildman–Crippen MR) is 29.0 cm³/mol. The van der Waals surface area contributed by atoms with Crippen LogP contribution in [-0.4, -0.2) is 12.1 Å². The number of ether oxygens (including phenoxy) is 1. The van der Waals surface area contributed by atoms with Gasteiger partial charge in [0.15, 0.2) is 0 Å². The fourth-order valence-corrected chi connectivity index (χ4v) is 0.815. The van der Waals surface area contributed by atoms with Crippen molar-refractivity contribution in [3.05, 3.63) is 6.42 Å². The number of hydrogen-bond donors (Lipinski definition) is 0. The fourth-order valence-electron chi connectivity index (χ4n) is 0.815. The summed E-state index contributed by atoms with van der Waals surface area (Å²) in [6.45, 7) is 3.70. The van der Waals surface area contributed by atoms with Crippen molar-refractivity contribution in [1.82, 2.24) is 0 Å². The number of cyclic esters (lactones) is 1. The molecule has 9 heavy (non-hydrogen) atoms. The molecule has 0 aromatic rings. The van der Waals surface area contributed by atoms with Gasteiger partial charge in [0, 0.05) is 32.7 Å². The van der Waals surface area contributed by atoms with Crippen LogP contribution in [0.25, 0.3) is 0 Å². The molecule has 0 aromatic carbocycles. The van der Waals surface area contributed by atoms with Crippen LogP contribution in [0.15, 0.2) is 0 Å². The Balaban J connectivity index is 0.000000640. The Labute approximate surface area is 80.2 Å². The minimum absolute atomic E-state index is 0. The number of hydrogen-bond acceptors (Lipinski definition) is 2. The molecule has 0 spiro atoms. The van der Waals surface area contributed by atoms with E-state index in [-0.39, 0.29) is 50.7 Å². The molecule has 1 heterocycles. The van der Waals surface area contributed by atoms with Gasteiger partial charge in [-0.05, 0) is 6.10 Å². The van der Waals surface area contributed by atoms with Crippen LogP contribution in [0.1, 0.15) is 13.8 Å². The third kappa shape index (κ3) is 2.34. The molecule has 2 nitrogen and oxygen atoms in total. The zero-order valence-electron chi connectivity index (χ0n) is 5.63. The van der Waals surface area contributed by atoms with Gasteiger partial charge in [-0.1, -0.05) is 19.8 Å². The van der Waals surface area contributed by atoms with Gasteiger partial charge in [-0.3, -0.25) is 11.2 Å². The van der Waals surface area contributed by atoms with Crippen molar-refractivity contribution in [2.45, 2.75) is 20.0 Å². The summed E-state index contributed by atoms with van der Waals surface area (Å²) in [6.07, 6.45) is 1.92. The Morgan fingerprint density at radius 3 is 2.22 bits per heavy atom. The Morgan fingerprint density at radius 1 is 1.56 bits per heavy atom. The Morgan fingerprint density at radius 2 is 2.11 bits per heavy atom. The van der Waals surface area contributed by atoms with E-state index in [0.717, 1.165) is 0 Å². The van der Waals surface area contributed by atoms with Crippen LogP contribution < -0.4 is 0 Å². The Bertz CT molecular complexity index is 114. The van der Waals surface area contributed by atoms with Gasteiger partial charge in [-0.2, -0.15) is 0 Å². The van der Waals surface area contributed by atoms with E-state index in [0.29, 0.717) is 0 Å². The van der Waals surface area contributed by atoms with E-state index in [1.165, 1.54) is 0 Å². The first-order chi connectivity index (χ1) is 3.70. The van der Waals surface area contributed by atoms with Gasteiger partial charge < -0.3 is 4.74 Å². The average molecular weight is 202 g/mol. The minimum Gasteiger partial charge on any atom is -0.497 e. The molecule has 0 bridgehead atoms. The van der Waals surface area contributed by atoms with E-state index in [2.05, 4.69) is 0 Å². The topological polar surface area (TPSA) is 26.3 Å². The summed E-state index contributed by atoms with van der Waals surface area (Å²) in [4.78, 5) is 10.5. The molecular weight excluding hydrogens is 193 g/mol. The van der Waals surface area contributed by atoms with Gasteiger partial charge in [-0.25, -0.2) is 0 Å². The maximum absolute atomic E-state index is 10.5. The molecule has 2 atom stereocenters. The summed E-state index contributed by atoms with van der Waals surface area (Å²) in [5.74, 6) is -0.0949. The number of carbonyl (C=O) groups excluding carboxylic acids is 1. The van der Waals surface area contributed by atoms with Crippen molar-refractivity contribution in [1.29, 1.82) is 0 Å². The van der Waals surface area contributed by atoms with Crippen molar-refractivity contribution in [3.8, 4) is 0 Å². The number of esters is 1. The zero-order valence-corrected chi connectivity index (χ0v) is 8.46. The van der Waals surface area contributed by atoms with Gasteiger partial charge in [0.05, 0.1) is 0 Å². The van der Waals surface area contributed by atoms with Crippen molar-refractivity contribution < 1.29 is 42.2 Å². The molecule has 1 radical (unpaired) electrons. The summed E-state index contributed by atoms with van der Waals surface area (Å²) >= 11 is 0. The third-order valence-corrected chi connectivity index (χ3v) is 1.23. The normalized spacial score (nSPS) is 33.3. The van der Waals surface area contributed by atoms with Gasteiger partial charge >= 0.3 is 0 Å². The molecule has 0 saturated carbocycles. The molecule has 0 aliphatic carbocycles. The molecular formula is C6H9O2Y-. The monoisotopic (exact) mass is 202 g/mol. The quantitative estimate of drug-likeness (QED) is 0.428. The molecule has 0 N–H and O–H groups in total. The summed E-state index contributed by atoms with van der Waals surface area (Å²) in [7, 11) is 0. The van der Waals surface area contributed by atoms with Crippen LogP contribution in [0.4, 0.5) is 0 Å². The van der Waals surface area contributed by atoms with Crippen LogP contribution >= 0.6 is 0 Å². The average Bonchev–Trinajstić information content (AvgIpc) is 1.85. The SMILES string of the molecule is CC1[CH-]C(C)C(=O)O1.[Y]. The molecule has 3 heteroatoms. The molecule has 1 saturated heterocycles. The van der Waals surface area contributed by atoms with Crippen LogP contribution in [0.3, 0.4) is 0 Å². The maximum atomic E-state index is 10.5. The van der Waals surface area contributed by atoms with Crippen LogP contribution in [-0.2, 0) is 42.2 Å². The summed E-state index contributed by atoms with van der Waals surface area (Å²) < 4.78 is 4.78. The Kier molecular flexibility index (Phi) is 3.91. The molecule has 2 unspecified atom stereocenters. The molecule has 49 valence electrons. The molecule has 0 amide bonds. The van der Waals surface area contributed by atoms with Crippen molar-refractivity contribution in [2.24, 2.45) is 5.92 Å². The van der Waals surface area contributed by atoms with E-state index in [1.54, 1.807) is 0 Å². The van der Waals surface area contributed by atoms with E-state index < -0.39 is 0 Å². The zero-order chi connectivity index (χ0) is 6.15. The van der Waals surface area contributed by atoms with Gasteiger partial charge in [0.1, 0.15) is 0 Å². The summed E-state index contributed by atoms with van der Waals surface area (Å²) in [5.41, 5.74) is 0. The second kappa shape index (κ2) is 3.67. The van der Waals surface area contributed by atoms with Crippen LogP contribution in [0.2, 0.25) is 0 Å². The van der Waals surface area contributed by atoms with E-state index in [4.69, 9.17) is 4.74 Å². The van der Waals surface area contributed by atoms with Gasteiger partial charge in [0.2, 0.25) is 0 Å². The largest absolute Gasteiger partial charge is 0.497 e. The van der Waals surface area contributed by atoms with Crippen LogP contribution in [0, 0.1) is 12.3 Å². The first kappa shape index (κ1) is 9.57. The van der Waals surface area contributed by atoms with E-state index in [1.807, 2.05) is 20.3 Å². The first-order valence-corrected chi connectivity index (χ1v) is 2.75. The van der Waals surface area contributed by atoms with Crippen molar-refractivity contribution >= 4 is 5.97 Å². The first-order valence-electron chi connectivity index (χ1n) is 2.75. The van der Waals surface area contributed by atoms with E-state index >= 15 is 0 Å². The molecule has 1 aliphatic rings. The molecule has 1 rings (SSSR count). The standard InChI is InChI=1S/C6H9O2.Y/c1-4-3-5(2)8-6(4)7;/h3-5H,1-2H3;/q-1;. The number of rotatable bonds is 0. The van der Waals surface area contributed by atoms with Gasteiger partial charge in [-0.15, -0.1) is 0 Å². The minimum atomic E-state index is -0.0995. The smallest absolute Gasteiger partial charge is 0.276 e. The fraction of sp³-hybridized carbons (Fsp3) is 0.667. The molecule has 1 fully saturated rings. The third-order valence-electron chi connectivity index (χ3n) is 1.23. The molecule has 0 aromatic heterocycles.